The number of benzene rings is 1. The molecule has 0 fully saturated rings. The molecule has 0 unspecified atom stereocenters. The van der Waals surface area contributed by atoms with E-state index in [1.165, 1.54) is 6.33 Å². The highest BCUT2D eigenvalue weighted by Crippen LogP contribution is 2.28. The number of hydrogen-bond acceptors (Lipinski definition) is 3. The van der Waals surface area contributed by atoms with Gasteiger partial charge in [0.15, 0.2) is 0 Å². The van der Waals surface area contributed by atoms with E-state index in [0.717, 1.165) is 14.8 Å². The molecule has 1 aromatic carbocycles. The number of aromatic nitrogens is 2. The van der Waals surface area contributed by atoms with Crippen molar-refractivity contribution in [2.75, 3.05) is 5.32 Å². The highest BCUT2D eigenvalue weighted by Gasteiger charge is 2.03. The van der Waals surface area contributed by atoms with Crippen LogP contribution in [0.5, 0.6) is 0 Å². The van der Waals surface area contributed by atoms with Gasteiger partial charge in [-0.25, -0.2) is 9.97 Å². The topological polar surface area (TPSA) is 37.8 Å². The number of hydrogen-bond donors (Lipinski definition) is 1. The van der Waals surface area contributed by atoms with Gasteiger partial charge >= 0.3 is 0 Å². The number of nitrogens with one attached hydrogen (secondary N) is 1. The first-order valence-electron chi connectivity index (χ1n) is 4.35. The van der Waals surface area contributed by atoms with Gasteiger partial charge in [0.1, 0.15) is 16.7 Å². The van der Waals surface area contributed by atoms with E-state index >= 15 is 0 Å². The second-order valence-electron chi connectivity index (χ2n) is 2.98. The largest absolute Gasteiger partial charge is 0.339 e. The predicted molar refractivity (Wildman–Crippen MR) is 72.2 cm³/mol. The second-order valence-corrected chi connectivity index (χ2v) is 5.11. The summed E-state index contributed by atoms with van der Waals surface area (Å²) in [6.45, 7) is 0. The van der Waals surface area contributed by atoms with Crippen molar-refractivity contribution >= 4 is 55.0 Å². The molecule has 16 heavy (non-hydrogen) atoms. The van der Waals surface area contributed by atoms with E-state index in [1.807, 2.05) is 18.2 Å². The molecular weight excluding hydrogens is 357 g/mol. The lowest BCUT2D eigenvalue weighted by Gasteiger charge is -2.07. The summed E-state index contributed by atoms with van der Waals surface area (Å²) in [6.07, 6.45) is 1.47. The fraction of sp³-hybridized carbons (Fsp3) is 0. The molecule has 0 spiro atoms. The normalized spacial score (nSPS) is 10.2. The van der Waals surface area contributed by atoms with Crippen LogP contribution in [0.2, 0.25) is 5.02 Å². The zero-order valence-electron chi connectivity index (χ0n) is 7.92. The fourth-order valence-electron chi connectivity index (χ4n) is 1.13. The van der Waals surface area contributed by atoms with Crippen molar-refractivity contribution in [1.82, 2.24) is 9.97 Å². The van der Waals surface area contributed by atoms with Gasteiger partial charge in [-0.2, -0.15) is 0 Å². The Morgan fingerprint density at radius 3 is 2.69 bits per heavy atom. The van der Waals surface area contributed by atoms with Crippen molar-refractivity contribution in [3.05, 3.63) is 44.7 Å². The molecule has 0 bridgehead atoms. The first kappa shape index (κ1) is 11.8. The van der Waals surface area contributed by atoms with Gasteiger partial charge in [-0.3, -0.25) is 0 Å². The first-order chi connectivity index (χ1) is 7.65. The fourth-order valence-corrected chi connectivity index (χ4v) is 1.97. The summed E-state index contributed by atoms with van der Waals surface area (Å²) in [5.74, 6) is 0.682. The van der Waals surface area contributed by atoms with Crippen molar-refractivity contribution in [2.45, 2.75) is 0 Å². The van der Waals surface area contributed by atoms with Crippen LogP contribution in [0.1, 0.15) is 0 Å². The average molecular weight is 363 g/mol. The van der Waals surface area contributed by atoms with Crippen LogP contribution in [0.3, 0.4) is 0 Å². The number of anilines is 2. The van der Waals surface area contributed by atoms with Crippen molar-refractivity contribution in [3.8, 4) is 0 Å². The Bertz CT molecular complexity index is 519. The molecule has 0 radical (unpaired) electrons. The molecule has 1 heterocycles. The van der Waals surface area contributed by atoms with Gasteiger partial charge in [0.2, 0.25) is 0 Å². The van der Waals surface area contributed by atoms with Crippen molar-refractivity contribution < 1.29 is 0 Å². The van der Waals surface area contributed by atoms with Crippen LogP contribution < -0.4 is 5.32 Å². The van der Waals surface area contributed by atoms with Crippen LogP contribution in [0.15, 0.2) is 39.7 Å². The van der Waals surface area contributed by atoms with E-state index in [9.17, 15) is 0 Å². The molecular formula is C10H6Br2ClN3. The molecule has 0 aliphatic rings. The Hall–Kier alpha value is -0.650. The summed E-state index contributed by atoms with van der Waals surface area (Å²) in [7, 11) is 0. The molecule has 0 amide bonds. The van der Waals surface area contributed by atoms with Gasteiger partial charge in [-0.15, -0.1) is 0 Å². The average Bonchev–Trinajstić information content (AvgIpc) is 2.24. The first-order valence-corrected chi connectivity index (χ1v) is 6.31. The zero-order valence-corrected chi connectivity index (χ0v) is 11.8. The van der Waals surface area contributed by atoms with Gasteiger partial charge in [0.25, 0.3) is 0 Å². The van der Waals surface area contributed by atoms with Gasteiger partial charge in [0.05, 0.1) is 10.7 Å². The van der Waals surface area contributed by atoms with Gasteiger partial charge in [-0.1, -0.05) is 27.5 Å². The molecule has 1 N–H and O–H groups in total. The third kappa shape index (κ3) is 2.93. The van der Waals surface area contributed by atoms with Crippen LogP contribution >= 0.6 is 43.5 Å². The molecule has 2 rings (SSSR count). The number of halogens is 3. The van der Waals surface area contributed by atoms with E-state index in [2.05, 4.69) is 47.1 Å². The molecule has 3 nitrogen and oxygen atoms in total. The van der Waals surface area contributed by atoms with Crippen LogP contribution in [0.25, 0.3) is 0 Å². The maximum absolute atomic E-state index is 6.05. The molecule has 0 saturated heterocycles. The Morgan fingerprint density at radius 2 is 1.94 bits per heavy atom. The number of rotatable bonds is 2. The summed E-state index contributed by atoms with van der Waals surface area (Å²) < 4.78 is 1.67. The lowest BCUT2D eigenvalue weighted by molar-refractivity contribution is 1.14. The summed E-state index contributed by atoms with van der Waals surface area (Å²) in [4.78, 5) is 8.02. The van der Waals surface area contributed by atoms with Crippen LogP contribution in [0, 0.1) is 0 Å². The molecule has 6 heteroatoms. The Labute approximate surface area is 115 Å². The minimum Gasteiger partial charge on any atom is -0.339 e. The van der Waals surface area contributed by atoms with E-state index in [0.29, 0.717) is 10.8 Å². The SMILES string of the molecule is Clc1ccc(Br)cc1Nc1cc(Br)ncn1. The van der Waals surface area contributed by atoms with Crippen LogP contribution in [-0.4, -0.2) is 9.97 Å². The molecule has 1 aromatic heterocycles. The Balaban J connectivity index is 2.30. The summed E-state index contributed by atoms with van der Waals surface area (Å²) in [5, 5.41) is 3.75. The highest BCUT2D eigenvalue weighted by atomic mass is 79.9. The van der Waals surface area contributed by atoms with Gasteiger partial charge < -0.3 is 5.32 Å². The smallest absolute Gasteiger partial charge is 0.134 e. The highest BCUT2D eigenvalue weighted by molar-refractivity contribution is 9.10. The maximum Gasteiger partial charge on any atom is 0.134 e. The predicted octanol–water partition coefficient (Wildman–Crippen LogP) is 4.40. The zero-order chi connectivity index (χ0) is 11.5. The molecule has 2 aromatic rings. The van der Waals surface area contributed by atoms with E-state index in [1.54, 1.807) is 6.07 Å². The van der Waals surface area contributed by atoms with Gasteiger partial charge in [-0.05, 0) is 34.1 Å². The summed E-state index contributed by atoms with van der Waals surface area (Å²) in [5.41, 5.74) is 0.793. The molecule has 0 aliphatic heterocycles. The molecule has 0 aliphatic carbocycles. The number of nitrogens with zero attached hydrogens (tertiary/aromatic N) is 2. The molecule has 0 atom stereocenters. The van der Waals surface area contributed by atoms with Crippen molar-refractivity contribution in [3.63, 3.8) is 0 Å². The van der Waals surface area contributed by atoms with E-state index in [4.69, 9.17) is 11.6 Å². The second kappa shape index (κ2) is 5.12. The van der Waals surface area contributed by atoms with E-state index < -0.39 is 0 Å². The van der Waals surface area contributed by atoms with Crippen molar-refractivity contribution in [2.24, 2.45) is 0 Å². The van der Waals surface area contributed by atoms with Gasteiger partial charge in [0, 0.05) is 10.5 Å². The lowest BCUT2D eigenvalue weighted by atomic mass is 10.3. The standard InChI is InChI=1S/C10H6Br2ClN3/c11-6-1-2-7(13)8(3-6)16-10-4-9(12)14-5-15-10/h1-5H,(H,14,15,16). The Kier molecular flexibility index (Phi) is 3.78. The minimum absolute atomic E-state index is 0.637. The quantitative estimate of drug-likeness (QED) is 0.804. The summed E-state index contributed by atoms with van der Waals surface area (Å²) >= 11 is 12.7. The maximum atomic E-state index is 6.05. The molecule has 0 saturated carbocycles. The van der Waals surface area contributed by atoms with Crippen LogP contribution in [0.4, 0.5) is 11.5 Å². The van der Waals surface area contributed by atoms with Crippen molar-refractivity contribution in [1.29, 1.82) is 0 Å². The third-order valence-electron chi connectivity index (χ3n) is 1.82. The van der Waals surface area contributed by atoms with Crippen LogP contribution in [-0.2, 0) is 0 Å². The third-order valence-corrected chi connectivity index (χ3v) is 3.08. The van der Waals surface area contributed by atoms with E-state index in [-0.39, 0.29) is 0 Å². The minimum atomic E-state index is 0.637. The lowest BCUT2D eigenvalue weighted by Crippen LogP contribution is -1.94. The monoisotopic (exact) mass is 361 g/mol. The molecule has 82 valence electrons. The Morgan fingerprint density at radius 1 is 1.12 bits per heavy atom. The summed E-state index contributed by atoms with van der Waals surface area (Å²) in [6, 6.07) is 7.35.